The Kier molecular flexibility index (Phi) is 5.31. The van der Waals surface area contributed by atoms with Gasteiger partial charge in [0, 0.05) is 17.6 Å². The molecule has 164 valence electrons. The van der Waals surface area contributed by atoms with Crippen LogP contribution in [0.1, 0.15) is 44.2 Å². The van der Waals surface area contributed by atoms with Gasteiger partial charge in [0.15, 0.2) is 0 Å². The summed E-state index contributed by atoms with van der Waals surface area (Å²) in [4.78, 5) is 26.1. The Morgan fingerprint density at radius 1 is 1.23 bits per heavy atom. The van der Waals surface area contributed by atoms with E-state index in [9.17, 15) is 14.7 Å². The average Bonchev–Trinajstić information content (AvgIpc) is 3.10. The minimum atomic E-state index is -1.40. The molecule has 1 amide bonds. The highest BCUT2D eigenvalue weighted by atomic mass is 35.5. The Balaban J connectivity index is 2.08. The number of halogens is 3. The van der Waals surface area contributed by atoms with E-state index < -0.39 is 35.2 Å². The van der Waals surface area contributed by atoms with Crippen molar-refractivity contribution < 1.29 is 19.1 Å². The number of carbonyl (C=O) groups is 2. The van der Waals surface area contributed by atoms with E-state index >= 15 is 4.39 Å². The van der Waals surface area contributed by atoms with Crippen LogP contribution in [-0.2, 0) is 15.0 Å². The molecule has 2 heterocycles. The third-order valence-electron chi connectivity index (χ3n) is 6.27. The van der Waals surface area contributed by atoms with Gasteiger partial charge in [-0.2, -0.15) is 0 Å². The van der Waals surface area contributed by atoms with Gasteiger partial charge in [0.25, 0.3) is 0 Å². The standard InChI is InChI=1S/C23H23Cl2FN2O3/c1-22(2,3)11-16-23(13-8-4-5-10-15(13)27-21(23)31)17(19(20(29)30)28(16)25)12-7-6-9-14(24)18(12)26/h4-10,16-17,19H,11H2,1-3H3,(H,27,31)(H,29,30). The van der Waals surface area contributed by atoms with Gasteiger partial charge >= 0.3 is 5.97 Å². The third kappa shape index (κ3) is 3.23. The molecule has 0 bridgehead atoms. The zero-order chi connectivity index (χ0) is 22.7. The van der Waals surface area contributed by atoms with Gasteiger partial charge in [0.2, 0.25) is 5.91 Å². The number of carboxylic acids is 1. The molecule has 1 saturated heterocycles. The minimum absolute atomic E-state index is 0.0637. The lowest BCUT2D eigenvalue weighted by Crippen LogP contribution is -2.49. The van der Waals surface area contributed by atoms with Crippen LogP contribution in [0, 0.1) is 11.2 Å². The van der Waals surface area contributed by atoms with Gasteiger partial charge in [-0.1, -0.05) is 62.7 Å². The number of carboxylic acid groups (broad SMARTS) is 1. The van der Waals surface area contributed by atoms with Gasteiger partial charge < -0.3 is 10.4 Å². The first-order valence-corrected chi connectivity index (χ1v) is 10.7. The number of nitrogens with zero attached hydrogens (tertiary/aromatic N) is 1. The van der Waals surface area contributed by atoms with E-state index in [-0.39, 0.29) is 21.9 Å². The second kappa shape index (κ2) is 7.47. The summed E-state index contributed by atoms with van der Waals surface area (Å²) in [7, 11) is 0. The van der Waals surface area contributed by atoms with Crippen molar-refractivity contribution in [1.29, 1.82) is 0 Å². The Hall–Kier alpha value is -2.15. The first kappa shape index (κ1) is 22.1. The first-order chi connectivity index (χ1) is 14.5. The molecule has 2 aromatic rings. The lowest BCUT2D eigenvalue weighted by molar-refractivity contribution is -0.141. The van der Waals surface area contributed by atoms with Crippen molar-refractivity contribution in [3.63, 3.8) is 0 Å². The molecule has 1 spiro atoms. The molecule has 0 aliphatic carbocycles. The highest BCUT2D eigenvalue weighted by Crippen LogP contribution is 2.60. The lowest BCUT2D eigenvalue weighted by atomic mass is 9.62. The second-order valence-corrected chi connectivity index (χ2v) is 10.2. The van der Waals surface area contributed by atoms with E-state index in [2.05, 4.69) is 5.32 Å². The molecule has 4 rings (SSSR count). The third-order valence-corrected chi connectivity index (χ3v) is 7.01. The number of para-hydroxylation sites is 1. The molecule has 4 unspecified atom stereocenters. The number of nitrogens with one attached hydrogen (secondary N) is 1. The summed E-state index contributed by atoms with van der Waals surface area (Å²) < 4.78 is 16.5. The molecule has 0 radical (unpaired) electrons. The van der Waals surface area contributed by atoms with E-state index in [1.807, 2.05) is 20.8 Å². The fourth-order valence-electron chi connectivity index (χ4n) is 5.18. The summed E-state index contributed by atoms with van der Waals surface area (Å²) in [6, 6.07) is 9.53. The number of benzene rings is 2. The SMILES string of the molecule is CC(C)(C)CC1N(Cl)C(C(=O)O)C(c2cccc(Cl)c2F)C12C(=O)Nc1ccccc12. The molecule has 5 nitrogen and oxygen atoms in total. The van der Waals surface area contributed by atoms with Crippen molar-refractivity contribution in [2.24, 2.45) is 5.41 Å². The summed E-state index contributed by atoms with van der Waals surface area (Å²) in [6.07, 6.45) is 0.417. The van der Waals surface area contributed by atoms with Gasteiger partial charge in [-0.3, -0.25) is 9.59 Å². The molecule has 1 fully saturated rings. The van der Waals surface area contributed by atoms with Crippen LogP contribution in [0.25, 0.3) is 0 Å². The number of amides is 1. The van der Waals surface area contributed by atoms with Crippen LogP contribution in [0.15, 0.2) is 42.5 Å². The van der Waals surface area contributed by atoms with Crippen molar-refractivity contribution in [2.75, 3.05) is 5.32 Å². The maximum Gasteiger partial charge on any atom is 0.322 e. The minimum Gasteiger partial charge on any atom is -0.480 e. The van der Waals surface area contributed by atoms with Gasteiger partial charge in [-0.05, 0) is 46.9 Å². The van der Waals surface area contributed by atoms with E-state index in [1.54, 1.807) is 30.3 Å². The molecule has 4 atom stereocenters. The van der Waals surface area contributed by atoms with E-state index in [0.717, 1.165) is 0 Å². The monoisotopic (exact) mass is 464 g/mol. The average molecular weight is 465 g/mol. The number of fused-ring (bicyclic) bond motifs is 2. The molecule has 2 aromatic carbocycles. The zero-order valence-corrected chi connectivity index (χ0v) is 18.8. The molecule has 2 aliphatic rings. The summed E-state index contributed by atoms with van der Waals surface area (Å²) in [5, 5.41) is 12.9. The topological polar surface area (TPSA) is 69.6 Å². The van der Waals surface area contributed by atoms with Crippen LogP contribution in [0.5, 0.6) is 0 Å². The van der Waals surface area contributed by atoms with Crippen molar-refractivity contribution in [1.82, 2.24) is 4.42 Å². The van der Waals surface area contributed by atoms with Crippen LogP contribution in [0.2, 0.25) is 5.02 Å². The molecule has 31 heavy (non-hydrogen) atoms. The second-order valence-electron chi connectivity index (χ2n) is 9.40. The van der Waals surface area contributed by atoms with Crippen LogP contribution in [0.4, 0.5) is 10.1 Å². The molecule has 0 saturated carbocycles. The molecular weight excluding hydrogens is 442 g/mol. The lowest BCUT2D eigenvalue weighted by Gasteiger charge is -2.38. The van der Waals surface area contributed by atoms with E-state index in [0.29, 0.717) is 17.7 Å². The van der Waals surface area contributed by atoms with Crippen molar-refractivity contribution in [3.8, 4) is 0 Å². The fraction of sp³-hybridized carbons (Fsp3) is 0.391. The van der Waals surface area contributed by atoms with Gasteiger partial charge in [-0.25, -0.2) is 8.81 Å². The molecule has 8 heteroatoms. The Morgan fingerprint density at radius 2 is 1.90 bits per heavy atom. The van der Waals surface area contributed by atoms with Crippen LogP contribution >= 0.6 is 23.4 Å². The maximum absolute atomic E-state index is 15.3. The highest BCUT2D eigenvalue weighted by molar-refractivity contribution is 6.30. The van der Waals surface area contributed by atoms with Crippen molar-refractivity contribution in [2.45, 2.75) is 50.6 Å². The van der Waals surface area contributed by atoms with E-state index in [1.165, 1.54) is 16.6 Å². The zero-order valence-electron chi connectivity index (χ0n) is 17.3. The molecule has 2 aliphatic heterocycles. The maximum atomic E-state index is 15.3. The number of hydrogen-bond donors (Lipinski definition) is 2. The fourth-order valence-corrected chi connectivity index (χ4v) is 5.78. The number of aliphatic carboxylic acids is 1. The number of anilines is 1. The first-order valence-electron chi connectivity index (χ1n) is 10.0. The number of carbonyl (C=O) groups excluding carboxylic acids is 1. The van der Waals surface area contributed by atoms with Crippen LogP contribution < -0.4 is 5.32 Å². The van der Waals surface area contributed by atoms with Gasteiger partial charge in [0.05, 0.1) is 5.02 Å². The van der Waals surface area contributed by atoms with Crippen molar-refractivity contribution >= 4 is 40.9 Å². The highest BCUT2D eigenvalue weighted by Gasteiger charge is 2.69. The van der Waals surface area contributed by atoms with E-state index in [4.69, 9.17) is 23.4 Å². The molecular formula is C23H23Cl2FN2O3. The summed E-state index contributed by atoms with van der Waals surface area (Å²) in [5.41, 5.74) is -0.426. The Bertz CT molecular complexity index is 1070. The number of hydrogen-bond acceptors (Lipinski definition) is 3. The predicted octanol–water partition coefficient (Wildman–Crippen LogP) is 5.18. The normalized spacial score (nSPS) is 28.1. The van der Waals surface area contributed by atoms with Crippen LogP contribution in [-0.4, -0.2) is 33.5 Å². The molecule has 0 aromatic heterocycles. The Morgan fingerprint density at radius 3 is 2.55 bits per heavy atom. The molecule has 2 N–H and O–H groups in total. The Labute approximate surface area is 190 Å². The summed E-state index contributed by atoms with van der Waals surface area (Å²) >= 11 is 12.8. The predicted molar refractivity (Wildman–Crippen MR) is 118 cm³/mol. The van der Waals surface area contributed by atoms with Gasteiger partial charge in [0.1, 0.15) is 17.3 Å². The smallest absolute Gasteiger partial charge is 0.322 e. The number of rotatable bonds is 3. The van der Waals surface area contributed by atoms with Crippen LogP contribution in [0.3, 0.4) is 0 Å². The summed E-state index contributed by atoms with van der Waals surface area (Å²) in [6.45, 7) is 5.98. The largest absolute Gasteiger partial charge is 0.480 e. The summed E-state index contributed by atoms with van der Waals surface area (Å²) in [5.74, 6) is -3.44. The van der Waals surface area contributed by atoms with Crippen molar-refractivity contribution in [3.05, 3.63) is 64.4 Å². The van der Waals surface area contributed by atoms with Gasteiger partial charge in [-0.15, -0.1) is 0 Å². The quantitative estimate of drug-likeness (QED) is 0.613.